The zero-order valence-electron chi connectivity index (χ0n) is 35.1. The van der Waals surface area contributed by atoms with Gasteiger partial charge in [-0.25, -0.2) is 0 Å². The van der Waals surface area contributed by atoms with Crippen molar-refractivity contribution in [3.8, 4) is 0 Å². The Morgan fingerprint density at radius 3 is 1.55 bits per heavy atom. The smallest absolute Gasteiger partial charge is 0.306 e. The molecule has 53 heavy (non-hydrogen) atoms. The molecule has 310 valence electrons. The summed E-state index contributed by atoms with van der Waals surface area (Å²) < 4.78 is 5.88. The fourth-order valence-electron chi connectivity index (χ4n) is 6.80. The number of aliphatic hydroxyl groups excluding tert-OH is 2. The molecular weight excluding hydrogens is 659 g/mol. The minimum absolute atomic E-state index is 0.0651. The molecule has 3 unspecified atom stereocenters. The number of ether oxygens (including phenoxy) is 1. The summed E-state index contributed by atoms with van der Waals surface area (Å²) in [5.41, 5.74) is 0. The number of allylic oxidation sites excluding steroid dienone is 6. The van der Waals surface area contributed by atoms with Crippen LogP contribution in [0.5, 0.6) is 0 Å². The average molecular weight is 746 g/mol. The lowest BCUT2D eigenvalue weighted by atomic mass is 10.0. The van der Waals surface area contributed by atoms with Crippen molar-refractivity contribution in [1.82, 2.24) is 5.32 Å². The number of esters is 1. The maximum Gasteiger partial charge on any atom is 0.306 e. The summed E-state index contributed by atoms with van der Waals surface area (Å²) in [4.78, 5) is 25.9. The molecule has 3 atom stereocenters. The first-order valence-corrected chi connectivity index (χ1v) is 22.7. The topological polar surface area (TPSA) is 95.9 Å². The van der Waals surface area contributed by atoms with E-state index in [1.165, 1.54) is 89.9 Å². The Balaban J connectivity index is 4.62. The maximum atomic E-state index is 13.1. The first kappa shape index (κ1) is 51.1. The van der Waals surface area contributed by atoms with E-state index >= 15 is 0 Å². The van der Waals surface area contributed by atoms with Crippen molar-refractivity contribution in [3.05, 3.63) is 36.5 Å². The summed E-state index contributed by atoms with van der Waals surface area (Å²) in [6, 6.07) is -0.703. The van der Waals surface area contributed by atoms with Gasteiger partial charge in [0.05, 0.1) is 25.2 Å². The largest absolute Gasteiger partial charge is 0.462 e. The highest BCUT2D eigenvalue weighted by molar-refractivity contribution is 5.77. The zero-order chi connectivity index (χ0) is 38.9. The van der Waals surface area contributed by atoms with Gasteiger partial charge in [0, 0.05) is 6.42 Å². The van der Waals surface area contributed by atoms with Crippen molar-refractivity contribution in [2.75, 3.05) is 6.61 Å². The maximum absolute atomic E-state index is 13.1. The van der Waals surface area contributed by atoms with Gasteiger partial charge in [0.25, 0.3) is 0 Å². The molecule has 0 aliphatic carbocycles. The third kappa shape index (κ3) is 36.8. The Kier molecular flexibility index (Phi) is 39.8. The zero-order valence-corrected chi connectivity index (χ0v) is 35.1. The highest BCUT2D eigenvalue weighted by atomic mass is 16.5. The first-order chi connectivity index (χ1) is 26.0. The Morgan fingerprint density at radius 1 is 0.566 bits per heavy atom. The van der Waals surface area contributed by atoms with Crippen LogP contribution in [-0.4, -0.2) is 46.9 Å². The van der Waals surface area contributed by atoms with Gasteiger partial charge in [-0.15, -0.1) is 0 Å². The van der Waals surface area contributed by atoms with E-state index in [1.54, 1.807) is 0 Å². The molecule has 0 saturated carbocycles. The minimum atomic E-state index is -0.789. The fourth-order valence-corrected chi connectivity index (χ4v) is 6.80. The molecule has 0 aliphatic rings. The second-order valence-corrected chi connectivity index (χ2v) is 15.4. The predicted molar refractivity (Wildman–Crippen MR) is 227 cm³/mol. The van der Waals surface area contributed by atoms with Gasteiger partial charge >= 0.3 is 5.97 Å². The highest BCUT2D eigenvalue weighted by Crippen LogP contribution is 2.17. The lowest BCUT2D eigenvalue weighted by Crippen LogP contribution is -2.46. The van der Waals surface area contributed by atoms with E-state index < -0.39 is 18.2 Å². The second kappa shape index (κ2) is 41.2. The van der Waals surface area contributed by atoms with Crippen molar-refractivity contribution >= 4 is 11.9 Å². The molecule has 0 aliphatic heterocycles. The fraction of sp³-hybridized carbons (Fsp3) is 0.830. The van der Waals surface area contributed by atoms with E-state index in [0.717, 1.165) is 89.9 Å². The molecule has 0 fully saturated rings. The predicted octanol–water partition coefficient (Wildman–Crippen LogP) is 12.9. The van der Waals surface area contributed by atoms with Crippen LogP contribution in [0.25, 0.3) is 0 Å². The van der Waals surface area contributed by atoms with E-state index in [-0.39, 0.29) is 24.9 Å². The van der Waals surface area contributed by atoms with Crippen LogP contribution in [0.15, 0.2) is 36.5 Å². The van der Waals surface area contributed by atoms with Gasteiger partial charge in [0.15, 0.2) is 0 Å². The lowest BCUT2D eigenvalue weighted by Gasteiger charge is -2.24. The molecule has 0 rings (SSSR count). The summed E-state index contributed by atoms with van der Waals surface area (Å²) in [7, 11) is 0. The van der Waals surface area contributed by atoms with Gasteiger partial charge in [-0.2, -0.15) is 0 Å². The lowest BCUT2D eigenvalue weighted by molar-refractivity contribution is -0.151. The van der Waals surface area contributed by atoms with Crippen LogP contribution in [-0.2, 0) is 14.3 Å². The first-order valence-electron chi connectivity index (χ1n) is 22.7. The standard InChI is InChI=1S/C47H87NO5/c1-4-7-10-13-16-19-21-22-23-25-27-29-32-35-38-43(53-47(52)40-37-34-31-26-18-15-12-9-6-3)41-46(51)48-44(42-49)45(50)39-36-33-30-28-24-20-17-14-11-8-5-2/h7,10,16,19,22-23,43-45,49-50H,4-6,8-9,11-15,17-18,20-21,24-42H2,1-3H3,(H,48,51)/b10-7+,19-16+,23-22+. The molecule has 0 aromatic heterocycles. The Labute approximate surface area is 328 Å². The molecule has 0 radical (unpaired) electrons. The summed E-state index contributed by atoms with van der Waals surface area (Å²) in [6.07, 6.45) is 46.3. The normalized spacial score (nSPS) is 13.7. The van der Waals surface area contributed by atoms with Crippen molar-refractivity contribution in [2.45, 2.75) is 244 Å². The summed E-state index contributed by atoms with van der Waals surface area (Å²) in [6.45, 7) is 6.33. The van der Waals surface area contributed by atoms with Crippen molar-refractivity contribution < 1.29 is 24.5 Å². The van der Waals surface area contributed by atoms with Crippen molar-refractivity contribution in [3.63, 3.8) is 0 Å². The van der Waals surface area contributed by atoms with Gasteiger partial charge in [-0.1, -0.05) is 192 Å². The van der Waals surface area contributed by atoms with Crippen LogP contribution in [0.4, 0.5) is 0 Å². The molecule has 6 heteroatoms. The number of aliphatic hydroxyl groups is 2. The van der Waals surface area contributed by atoms with Crippen molar-refractivity contribution in [2.24, 2.45) is 0 Å². The number of carbonyl (C=O) groups is 2. The summed E-state index contributed by atoms with van der Waals surface area (Å²) >= 11 is 0. The van der Waals surface area contributed by atoms with Crippen LogP contribution < -0.4 is 5.32 Å². The molecular formula is C47H87NO5. The third-order valence-corrected chi connectivity index (χ3v) is 10.2. The SMILES string of the molecule is CC/C=C/C/C=C/C/C=C/CCCCCCC(CC(=O)NC(CO)C(O)CCCCCCCCCCCCC)OC(=O)CCCCCCCCCCC. The summed E-state index contributed by atoms with van der Waals surface area (Å²) in [5, 5.41) is 23.6. The molecule has 6 nitrogen and oxygen atoms in total. The van der Waals surface area contributed by atoms with E-state index in [0.29, 0.717) is 19.3 Å². The average Bonchev–Trinajstić information content (AvgIpc) is 3.15. The monoisotopic (exact) mass is 746 g/mol. The van der Waals surface area contributed by atoms with E-state index in [2.05, 4.69) is 62.5 Å². The number of amides is 1. The number of carbonyl (C=O) groups excluding carboxylic acids is 2. The summed E-state index contributed by atoms with van der Waals surface area (Å²) in [5.74, 6) is -0.495. The van der Waals surface area contributed by atoms with E-state index in [9.17, 15) is 19.8 Å². The molecule has 0 aromatic rings. The highest BCUT2D eigenvalue weighted by Gasteiger charge is 2.24. The molecule has 0 heterocycles. The van der Waals surface area contributed by atoms with Gasteiger partial charge < -0.3 is 20.3 Å². The number of hydrogen-bond donors (Lipinski definition) is 3. The number of unbranched alkanes of at least 4 members (excludes halogenated alkanes) is 22. The van der Waals surface area contributed by atoms with E-state index in [4.69, 9.17) is 4.74 Å². The van der Waals surface area contributed by atoms with Gasteiger partial charge in [-0.05, 0) is 57.8 Å². The van der Waals surface area contributed by atoms with Crippen LogP contribution >= 0.6 is 0 Å². The van der Waals surface area contributed by atoms with Crippen LogP contribution in [0.2, 0.25) is 0 Å². The number of nitrogens with one attached hydrogen (secondary N) is 1. The van der Waals surface area contributed by atoms with Gasteiger partial charge in [-0.3, -0.25) is 9.59 Å². The Bertz CT molecular complexity index is 884. The Hall–Kier alpha value is -1.92. The molecule has 0 bridgehead atoms. The molecule has 1 amide bonds. The van der Waals surface area contributed by atoms with Gasteiger partial charge in [0.2, 0.25) is 5.91 Å². The number of hydrogen-bond acceptors (Lipinski definition) is 5. The second-order valence-electron chi connectivity index (χ2n) is 15.4. The Morgan fingerprint density at radius 2 is 1.02 bits per heavy atom. The van der Waals surface area contributed by atoms with Crippen LogP contribution in [0.3, 0.4) is 0 Å². The van der Waals surface area contributed by atoms with Crippen LogP contribution in [0, 0.1) is 0 Å². The third-order valence-electron chi connectivity index (χ3n) is 10.2. The van der Waals surface area contributed by atoms with Crippen molar-refractivity contribution in [1.29, 1.82) is 0 Å². The molecule has 3 N–H and O–H groups in total. The minimum Gasteiger partial charge on any atom is -0.462 e. The quantitative estimate of drug-likeness (QED) is 0.0330. The van der Waals surface area contributed by atoms with E-state index in [1.807, 2.05) is 0 Å². The van der Waals surface area contributed by atoms with Crippen LogP contribution in [0.1, 0.15) is 226 Å². The molecule has 0 saturated heterocycles. The molecule has 0 spiro atoms. The number of rotatable bonds is 40. The molecule has 0 aromatic carbocycles. The van der Waals surface area contributed by atoms with Gasteiger partial charge in [0.1, 0.15) is 6.10 Å².